The Balaban J connectivity index is 1.30. The fourth-order valence-electron chi connectivity index (χ4n) is 6.69. The second-order valence-electron chi connectivity index (χ2n) is 12.4. The normalized spacial score (nSPS) is 15.2. The molecule has 1 heterocycles. The molecule has 0 atom stereocenters. The van der Waals surface area contributed by atoms with Gasteiger partial charge in [0.25, 0.3) is 0 Å². The molecule has 0 saturated carbocycles. The summed E-state index contributed by atoms with van der Waals surface area (Å²) in [5.41, 5.74) is 3.12. The zero-order valence-corrected chi connectivity index (χ0v) is 28.2. The molecule has 0 aliphatic rings. The average Bonchev–Trinajstić information content (AvgIpc) is 3.37. The Hall–Kier alpha value is -7.23. The van der Waals surface area contributed by atoms with Gasteiger partial charge in [-0.1, -0.05) is 188 Å². The third-order valence-electron chi connectivity index (χ3n) is 9.17. The van der Waals surface area contributed by atoms with Gasteiger partial charge >= 0.3 is 0 Å². The van der Waals surface area contributed by atoms with Crippen LogP contribution in [-0.4, -0.2) is 15.0 Å². The van der Waals surface area contributed by atoms with E-state index in [1.54, 1.807) is 24.3 Å². The van der Waals surface area contributed by atoms with E-state index in [0.29, 0.717) is 11.1 Å². The van der Waals surface area contributed by atoms with E-state index in [2.05, 4.69) is 0 Å². The summed E-state index contributed by atoms with van der Waals surface area (Å²) < 4.78 is 136. The number of benzene rings is 9. The SMILES string of the molecule is [2H]c1c([2H])c(-c2nc(-c3ccccc3)nc(-c3ccccc3-c3ccccc3-c3ccccc3)n2)c([2H])c(-c2c([2H])c([2H])c3c4c([2H])c([2H])c([2H])c([2H])c4c4c([2H])c([2H])c([2H])c([2H])c4c3c2[2H])c1[2H]. The van der Waals surface area contributed by atoms with Crippen LogP contribution in [0.15, 0.2) is 200 Å². The summed E-state index contributed by atoms with van der Waals surface area (Å²) in [6, 6.07) is 23.4. The molecular weight excluding hydrogens is 655 g/mol. The van der Waals surface area contributed by atoms with Gasteiger partial charge in [0.15, 0.2) is 17.5 Å². The third kappa shape index (κ3) is 5.60. The van der Waals surface area contributed by atoms with Gasteiger partial charge in [-0.05, 0) is 77.8 Å². The van der Waals surface area contributed by atoms with Crippen LogP contribution < -0.4 is 0 Å². The van der Waals surface area contributed by atoms with Crippen molar-refractivity contribution in [2.24, 2.45) is 0 Å². The van der Waals surface area contributed by atoms with E-state index in [4.69, 9.17) is 27.3 Å². The lowest BCUT2D eigenvalue weighted by Crippen LogP contribution is -2.01. The highest BCUT2D eigenvalue weighted by Gasteiger charge is 2.18. The van der Waals surface area contributed by atoms with Crippen molar-refractivity contribution in [2.75, 3.05) is 0 Å². The molecule has 0 spiro atoms. The monoisotopic (exact) mass is 702 g/mol. The summed E-state index contributed by atoms with van der Waals surface area (Å²) in [5.74, 6) is 0.0288. The first-order valence-electron chi connectivity index (χ1n) is 24.6. The van der Waals surface area contributed by atoms with Crippen LogP contribution in [0.3, 0.4) is 0 Å². The molecule has 0 aliphatic carbocycles. The van der Waals surface area contributed by atoms with Crippen molar-refractivity contribution < 1.29 is 20.6 Å². The Bertz CT molecular complexity index is 3800. The second kappa shape index (κ2) is 13.4. The molecule has 0 amide bonds. The van der Waals surface area contributed by atoms with Crippen LogP contribution in [0.2, 0.25) is 0 Å². The van der Waals surface area contributed by atoms with Gasteiger partial charge in [-0.2, -0.15) is 0 Å². The van der Waals surface area contributed by atoms with Gasteiger partial charge in [0.1, 0.15) is 0 Å². The maximum absolute atomic E-state index is 9.79. The summed E-state index contributed by atoms with van der Waals surface area (Å²) in [7, 11) is 0. The summed E-state index contributed by atoms with van der Waals surface area (Å²) >= 11 is 0. The number of hydrogen-bond donors (Lipinski definition) is 0. The predicted octanol–water partition coefficient (Wildman–Crippen LogP) is 13.3. The highest BCUT2D eigenvalue weighted by atomic mass is 15.0. The fraction of sp³-hybridized carbons (Fsp3) is 0. The Morgan fingerprint density at radius 3 is 1.37 bits per heavy atom. The van der Waals surface area contributed by atoms with Crippen molar-refractivity contribution in [3.8, 4) is 67.5 Å². The van der Waals surface area contributed by atoms with Crippen molar-refractivity contribution in [1.82, 2.24) is 15.0 Å². The summed E-state index contributed by atoms with van der Waals surface area (Å²) in [5, 5.41) is -2.20. The molecule has 10 aromatic rings. The smallest absolute Gasteiger partial charge is 0.164 e. The summed E-state index contributed by atoms with van der Waals surface area (Å²) in [6.07, 6.45) is 0. The first kappa shape index (κ1) is 19.6. The number of aromatic nitrogens is 3. The zero-order chi connectivity index (χ0) is 48.9. The molecule has 54 heavy (non-hydrogen) atoms. The van der Waals surface area contributed by atoms with Crippen LogP contribution in [0.4, 0.5) is 0 Å². The van der Waals surface area contributed by atoms with E-state index in [1.165, 1.54) is 0 Å². The van der Waals surface area contributed by atoms with Crippen LogP contribution in [0.25, 0.3) is 99.9 Å². The highest BCUT2D eigenvalue weighted by Crippen LogP contribution is 2.40. The first-order valence-corrected chi connectivity index (χ1v) is 17.1. The van der Waals surface area contributed by atoms with Gasteiger partial charge in [0.2, 0.25) is 0 Å². The molecule has 10 rings (SSSR count). The predicted molar refractivity (Wildman–Crippen MR) is 225 cm³/mol. The van der Waals surface area contributed by atoms with Crippen LogP contribution in [0, 0.1) is 0 Å². The van der Waals surface area contributed by atoms with Gasteiger partial charge in [0, 0.05) is 16.7 Å². The van der Waals surface area contributed by atoms with Crippen LogP contribution >= 0.6 is 0 Å². The van der Waals surface area contributed by atoms with Crippen molar-refractivity contribution in [1.29, 1.82) is 0 Å². The molecule has 0 unspecified atom stereocenters. The second-order valence-corrected chi connectivity index (χ2v) is 12.4. The van der Waals surface area contributed by atoms with Crippen LogP contribution in [0.1, 0.15) is 20.6 Å². The third-order valence-corrected chi connectivity index (χ3v) is 9.17. The van der Waals surface area contributed by atoms with E-state index in [9.17, 15) is 8.22 Å². The molecule has 0 radical (unpaired) electrons. The molecule has 1 aromatic heterocycles. The zero-order valence-electron chi connectivity index (χ0n) is 43.2. The Labute approximate surface area is 335 Å². The van der Waals surface area contributed by atoms with Gasteiger partial charge in [-0.15, -0.1) is 0 Å². The minimum Gasteiger partial charge on any atom is -0.208 e. The van der Waals surface area contributed by atoms with E-state index in [-0.39, 0.29) is 50.0 Å². The molecule has 0 N–H and O–H groups in total. The molecule has 0 fully saturated rings. The lowest BCUT2D eigenvalue weighted by Gasteiger charge is -2.15. The van der Waals surface area contributed by atoms with E-state index >= 15 is 0 Å². The minimum atomic E-state index is -0.779. The lowest BCUT2D eigenvalue weighted by atomic mass is 9.91. The largest absolute Gasteiger partial charge is 0.208 e. The highest BCUT2D eigenvalue weighted by molar-refractivity contribution is 6.25. The standard InChI is InChI=1S/C51H33N3/c1-3-16-34(17-4-1)39-22-7-8-23-40(39)44-27-13-14-29-47(44)51-53-49(35-18-5-2-6-19-35)52-50(54-51)38-21-15-20-36(32-38)37-30-31-46-43-26-10-9-24-41(43)42-25-11-12-28-45(42)48(46)33-37/h1-33H/i9D,10D,11D,12D,15D,20D,21D,24D,25D,26D,28D,30D,31D,32D,33D. The maximum Gasteiger partial charge on any atom is 0.164 e. The van der Waals surface area contributed by atoms with E-state index in [1.807, 2.05) is 84.9 Å². The average molecular weight is 703 g/mol. The molecular formula is C51H33N3. The summed E-state index contributed by atoms with van der Waals surface area (Å²) in [6.45, 7) is 0. The lowest BCUT2D eigenvalue weighted by molar-refractivity contribution is 1.07. The van der Waals surface area contributed by atoms with Crippen molar-refractivity contribution in [3.05, 3.63) is 200 Å². The van der Waals surface area contributed by atoms with E-state index in [0.717, 1.165) is 22.3 Å². The fourth-order valence-corrected chi connectivity index (χ4v) is 6.69. The van der Waals surface area contributed by atoms with E-state index < -0.39 is 107 Å². The van der Waals surface area contributed by atoms with Crippen molar-refractivity contribution >= 4 is 32.3 Å². The number of rotatable bonds is 6. The van der Waals surface area contributed by atoms with Crippen molar-refractivity contribution in [3.63, 3.8) is 0 Å². The van der Waals surface area contributed by atoms with Crippen LogP contribution in [0.5, 0.6) is 0 Å². The Morgan fingerprint density at radius 1 is 0.278 bits per heavy atom. The summed E-state index contributed by atoms with van der Waals surface area (Å²) in [4.78, 5) is 14.6. The quantitative estimate of drug-likeness (QED) is 0.162. The Morgan fingerprint density at radius 2 is 0.722 bits per heavy atom. The van der Waals surface area contributed by atoms with Gasteiger partial charge in [-0.3, -0.25) is 0 Å². The molecule has 252 valence electrons. The van der Waals surface area contributed by atoms with Crippen molar-refractivity contribution in [2.45, 2.75) is 0 Å². The van der Waals surface area contributed by atoms with Gasteiger partial charge in [0.05, 0.1) is 20.6 Å². The molecule has 9 aromatic carbocycles. The molecule has 3 nitrogen and oxygen atoms in total. The Kier molecular flexibility index (Phi) is 4.85. The number of fused-ring (bicyclic) bond motifs is 6. The van der Waals surface area contributed by atoms with Crippen LogP contribution in [-0.2, 0) is 0 Å². The van der Waals surface area contributed by atoms with Gasteiger partial charge in [-0.25, -0.2) is 15.0 Å². The number of nitrogens with zero attached hydrogens (tertiary/aromatic N) is 3. The topological polar surface area (TPSA) is 38.7 Å². The van der Waals surface area contributed by atoms with Gasteiger partial charge < -0.3 is 0 Å². The molecule has 0 aliphatic heterocycles. The molecule has 0 saturated heterocycles. The number of hydrogen-bond acceptors (Lipinski definition) is 3. The molecule has 0 bridgehead atoms. The first-order chi connectivity index (χ1) is 33.0. The maximum atomic E-state index is 9.79. The minimum absolute atomic E-state index is 0.137. The molecule has 3 heteroatoms.